The number of nitrogens with zero attached hydrogens (tertiary/aromatic N) is 5. The Bertz CT molecular complexity index is 4320. The van der Waals surface area contributed by atoms with Gasteiger partial charge in [-0.25, -0.2) is 24.9 Å². The van der Waals surface area contributed by atoms with Crippen LogP contribution in [-0.2, 0) is 0 Å². The molecule has 0 aliphatic heterocycles. The van der Waals surface area contributed by atoms with Crippen molar-refractivity contribution in [2.24, 2.45) is 0 Å². The molecule has 0 radical (unpaired) electrons. The Balaban J connectivity index is 0.897. The molecule has 0 N–H and O–H groups in total. The summed E-state index contributed by atoms with van der Waals surface area (Å²) in [5, 5.41) is 8.79. The minimum atomic E-state index is 0.548. The van der Waals surface area contributed by atoms with E-state index in [9.17, 15) is 0 Å². The normalized spacial score (nSPS) is 12.2. The summed E-state index contributed by atoms with van der Waals surface area (Å²) in [4.78, 5) is 25.6. The molecule has 0 atom stereocenters. The van der Waals surface area contributed by atoms with Gasteiger partial charge in [-0.2, -0.15) is 0 Å². The van der Waals surface area contributed by atoms with Crippen LogP contribution in [0.4, 0.5) is 0 Å². The van der Waals surface area contributed by atoms with Gasteiger partial charge >= 0.3 is 0 Å². The van der Waals surface area contributed by atoms with Gasteiger partial charge < -0.3 is 8.83 Å². The van der Waals surface area contributed by atoms with Crippen LogP contribution in [0.3, 0.4) is 0 Å². The summed E-state index contributed by atoms with van der Waals surface area (Å²) in [6.07, 6.45) is 5.98. The lowest BCUT2D eigenvalue weighted by atomic mass is 9.98. The van der Waals surface area contributed by atoms with E-state index in [0.29, 0.717) is 23.3 Å². The van der Waals surface area contributed by atoms with Crippen molar-refractivity contribution in [3.63, 3.8) is 0 Å². The highest BCUT2D eigenvalue weighted by atomic mass is 16.3. The first kappa shape index (κ1) is 41.6. The topological polar surface area (TPSA) is 90.7 Å². The second-order valence-electron chi connectivity index (χ2n) is 17.7. The highest BCUT2D eigenvalue weighted by molar-refractivity contribution is 6.19. The van der Waals surface area contributed by atoms with Crippen molar-refractivity contribution < 1.29 is 8.83 Å². The molecule has 0 saturated carbocycles. The zero-order valence-electron chi connectivity index (χ0n) is 38.5. The summed E-state index contributed by atoms with van der Waals surface area (Å²) in [6, 6.07) is 68.2. The van der Waals surface area contributed by atoms with Crippen LogP contribution in [0.25, 0.3) is 133 Å². The van der Waals surface area contributed by atoms with Gasteiger partial charge in [0.15, 0.2) is 23.3 Å². The van der Waals surface area contributed by atoms with Crippen molar-refractivity contribution in [2.75, 3.05) is 0 Å². The zero-order chi connectivity index (χ0) is 47.4. The van der Waals surface area contributed by atoms with E-state index < -0.39 is 0 Å². The summed E-state index contributed by atoms with van der Waals surface area (Å²) in [6.45, 7) is 6.21. The average molecular weight is 912 g/mol. The average Bonchev–Trinajstić information content (AvgIpc) is 4.02. The molecule has 0 bridgehead atoms. The summed E-state index contributed by atoms with van der Waals surface area (Å²) in [5.41, 5.74) is 12.2. The van der Waals surface area contributed by atoms with E-state index in [1.54, 1.807) is 0 Å². The third-order valence-corrected chi connectivity index (χ3v) is 13.2. The smallest absolute Gasteiger partial charge is 0.164 e. The van der Waals surface area contributed by atoms with Crippen LogP contribution in [0.5, 0.6) is 0 Å². The lowest BCUT2D eigenvalue weighted by Crippen LogP contribution is -2.00. The fraction of sp³-hybridized carbons (Fsp3) is 0.0156. The zero-order valence-corrected chi connectivity index (χ0v) is 38.5. The van der Waals surface area contributed by atoms with Crippen LogP contribution in [-0.4, -0.2) is 24.9 Å². The highest BCUT2D eigenvalue weighted by Crippen LogP contribution is 2.39. The Morgan fingerprint density at radius 3 is 1.79 bits per heavy atom. The SMILES string of the molecule is C=C/C=C(\C=C(/C)c1cc(-c2ccc3oc4ccc5ccccc5c4c3c2)nc(-c2ccccc2)n1)c1cccc(-c2nc(-c3ccccc3)nc(-c3ccc4c(c3)oc3c5ccccc5ccc43)n2)c1. The number of fused-ring (bicyclic) bond motifs is 10. The van der Waals surface area contributed by atoms with Gasteiger partial charge in [-0.1, -0.05) is 164 Å². The Hall–Kier alpha value is -9.59. The lowest BCUT2D eigenvalue weighted by Gasteiger charge is -2.12. The summed E-state index contributed by atoms with van der Waals surface area (Å²) >= 11 is 0. The van der Waals surface area contributed by atoms with Gasteiger partial charge in [0.05, 0.1) is 11.4 Å². The second-order valence-corrected chi connectivity index (χ2v) is 17.7. The first-order valence-corrected chi connectivity index (χ1v) is 23.6. The Morgan fingerprint density at radius 2 is 1.03 bits per heavy atom. The largest absolute Gasteiger partial charge is 0.456 e. The first-order chi connectivity index (χ1) is 35.0. The van der Waals surface area contributed by atoms with E-state index in [1.807, 2.05) is 109 Å². The van der Waals surface area contributed by atoms with Crippen molar-refractivity contribution in [3.05, 3.63) is 236 Å². The highest BCUT2D eigenvalue weighted by Gasteiger charge is 2.18. The molecule has 13 rings (SSSR count). The monoisotopic (exact) mass is 911 g/mol. The van der Waals surface area contributed by atoms with E-state index in [1.165, 1.54) is 5.39 Å². The van der Waals surface area contributed by atoms with Gasteiger partial charge in [0.25, 0.3) is 0 Å². The van der Waals surface area contributed by atoms with Crippen molar-refractivity contribution in [1.29, 1.82) is 0 Å². The summed E-state index contributed by atoms with van der Waals surface area (Å²) in [5.74, 6) is 2.31. The molecule has 13 aromatic rings. The van der Waals surface area contributed by atoms with Crippen molar-refractivity contribution in [2.45, 2.75) is 6.92 Å². The molecule has 334 valence electrons. The first-order valence-electron chi connectivity index (χ1n) is 23.6. The Morgan fingerprint density at radius 1 is 0.423 bits per heavy atom. The van der Waals surface area contributed by atoms with Crippen LogP contribution >= 0.6 is 0 Å². The number of hydrogen-bond acceptors (Lipinski definition) is 7. The van der Waals surface area contributed by atoms with Crippen LogP contribution in [0.15, 0.2) is 234 Å². The predicted octanol–water partition coefficient (Wildman–Crippen LogP) is 16.8. The number of hydrogen-bond donors (Lipinski definition) is 0. The number of rotatable bonds is 9. The third kappa shape index (κ3) is 7.53. The molecule has 4 heterocycles. The van der Waals surface area contributed by atoms with Crippen LogP contribution < -0.4 is 0 Å². The second kappa shape index (κ2) is 17.2. The van der Waals surface area contributed by atoms with Gasteiger partial charge in [-0.05, 0) is 100 Å². The van der Waals surface area contributed by atoms with Crippen molar-refractivity contribution in [1.82, 2.24) is 24.9 Å². The summed E-state index contributed by atoms with van der Waals surface area (Å²) in [7, 11) is 0. The molecule has 0 spiro atoms. The van der Waals surface area contributed by atoms with Crippen LogP contribution in [0, 0.1) is 0 Å². The minimum absolute atomic E-state index is 0.548. The molecule has 0 aliphatic carbocycles. The molecule has 0 fully saturated rings. The number of allylic oxidation sites excluding steroid dienone is 5. The van der Waals surface area contributed by atoms with Crippen molar-refractivity contribution >= 4 is 76.6 Å². The van der Waals surface area contributed by atoms with Gasteiger partial charge in [0, 0.05) is 54.7 Å². The van der Waals surface area contributed by atoms with Crippen LogP contribution in [0.1, 0.15) is 18.2 Å². The minimum Gasteiger partial charge on any atom is -0.456 e. The van der Waals surface area contributed by atoms with E-state index in [-0.39, 0.29) is 0 Å². The van der Waals surface area contributed by atoms with E-state index in [0.717, 1.165) is 116 Å². The van der Waals surface area contributed by atoms with Gasteiger partial charge in [0.2, 0.25) is 0 Å². The lowest BCUT2D eigenvalue weighted by molar-refractivity contribution is 0.669. The van der Waals surface area contributed by atoms with Crippen LogP contribution in [0.2, 0.25) is 0 Å². The maximum absolute atomic E-state index is 6.58. The number of furan rings is 2. The van der Waals surface area contributed by atoms with E-state index in [2.05, 4.69) is 123 Å². The Labute approximate surface area is 408 Å². The molecular formula is C64H41N5O2. The number of aromatic nitrogens is 5. The molecule has 0 amide bonds. The maximum Gasteiger partial charge on any atom is 0.164 e. The third-order valence-electron chi connectivity index (χ3n) is 13.2. The summed E-state index contributed by atoms with van der Waals surface area (Å²) < 4.78 is 12.9. The van der Waals surface area contributed by atoms with Crippen molar-refractivity contribution in [3.8, 4) is 56.8 Å². The maximum atomic E-state index is 6.58. The fourth-order valence-corrected chi connectivity index (χ4v) is 9.71. The number of benzene rings is 9. The quantitative estimate of drug-likeness (QED) is 0.133. The molecule has 71 heavy (non-hydrogen) atoms. The molecule has 0 unspecified atom stereocenters. The molecular weight excluding hydrogens is 871 g/mol. The van der Waals surface area contributed by atoms with Gasteiger partial charge in [-0.3, -0.25) is 0 Å². The van der Waals surface area contributed by atoms with E-state index in [4.69, 9.17) is 33.8 Å². The van der Waals surface area contributed by atoms with Gasteiger partial charge in [-0.15, -0.1) is 0 Å². The molecule has 9 aromatic carbocycles. The van der Waals surface area contributed by atoms with E-state index >= 15 is 0 Å². The molecule has 7 nitrogen and oxygen atoms in total. The molecule has 0 aliphatic rings. The predicted molar refractivity (Wildman–Crippen MR) is 290 cm³/mol. The Kier molecular flexibility index (Phi) is 10.1. The van der Waals surface area contributed by atoms with Gasteiger partial charge in [0.1, 0.15) is 22.3 Å². The molecule has 0 saturated heterocycles. The molecule has 4 aromatic heterocycles. The fourth-order valence-electron chi connectivity index (χ4n) is 9.71. The molecule has 7 heteroatoms. The standard InChI is InChI=1S/C64H41N5O2/c1-3-15-44(34-39(2)54-38-55(66-61(65-54)42-18-6-4-7-19-42)46-29-32-56-53(36-46)59-49-24-12-10-16-40(49)28-33-57(59)70-56)45-22-14-23-47(35-45)63-67-62(43-20-8-5-9-21-43)68-64(69-63)48-27-30-51-52-31-26-41-17-11-13-25-50(41)60(52)71-58(51)37-48/h3-38H,1H2,2H3/b39-34+,44-15+.